The van der Waals surface area contributed by atoms with Gasteiger partial charge < -0.3 is 4.84 Å². The van der Waals surface area contributed by atoms with E-state index in [4.69, 9.17) is 4.84 Å². The molecule has 0 aromatic heterocycles. The second kappa shape index (κ2) is 11.0. The van der Waals surface area contributed by atoms with E-state index < -0.39 is 33.0 Å². The average Bonchev–Trinajstić information content (AvgIpc) is 2.82. The van der Waals surface area contributed by atoms with Crippen LogP contribution in [0, 0.1) is 20.2 Å². The second-order valence-corrected chi connectivity index (χ2v) is 6.44. The van der Waals surface area contributed by atoms with Crippen LogP contribution >= 0.6 is 0 Å². The summed E-state index contributed by atoms with van der Waals surface area (Å²) in [5, 5.41) is 26.0. The van der Waals surface area contributed by atoms with Crippen LogP contribution in [0.3, 0.4) is 0 Å². The van der Waals surface area contributed by atoms with E-state index in [0.29, 0.717) is 5.56 Å². The van der Waals surface area contributed by atoms with Crippen molar-refractivity contribution in [1.29, 1.82) is 0 Å². The maximum Gasteiger partial charge on any atom is 0.334 e. The lowest BCUT2D eigenvalue weighted by Gasteiger charge is -2.08. The zero-order chi connectivity index (χ0) is 24.5. The molecule has 33 heavy (non-hydrogen) atoms. The first kappa shape index (κ1) is 24.5. The van der Waals surface area contributed by atoms with Gasteiger partial charge in [-0.25, -0.2) is 4.79 Å². The molecule has 0 bridgehead atoms. The van der Waals surface area contributed by atoms with Crippen LogP contribution < -0.4 is 0 Å². The number of oxime groups is 1. The largest absolute Gasteiger partial charge is 0.334 e. The Labute approximate surface area is 188 Å². The van der Waals surface area contributed by atoms with Crippen molar-refractivity contribution in [3.8, 4) is 11.1 Å². The average molecular weight is 449 g/mol. The molecule has 0 atom stereocenters. The van der Waals surface area contributed by atoms with Crippen LogP contribution in [-0.4, -0.2) is 27.3 Å². The van der Waals surface area contributed by atoms with Crippen LogP contribution in [0.2, 0.25) is 0 Å². The molecule has 0 amide bonds. The number of rotatable bonds is 10. The van der Waals surface area contributed by atoms with E-state index in [9.17, 15) is 29.8 Å². The molecule has 2 aromatic carbocycles. The molecule has 0 spiro atoms. The van der Waals surface area contributed by atoms with Gasteiger partial charge in [-0.1, -0.05) is 67.7 Å². The zero-order valence-electron chi connectivity index (χ0n) is 17.6. The van der Waals surface area contributed by atoms with Gasteiger partial charge in [0.2, 0.25) is 5.78 Å². The van der Waals surface area contributed by atoms with Gasteiger partial charge in [0.15, 0.2) is 5.71 Å². The molecule has 0 aliphatic heterocycles. The standard InChI is InChI=1S/C23H19N3O7/c1-4-7-15(5-2)22(24-33-21(27)6-3)23(28)17-10-8-16(9-11-17)19-13-12-18(25(29)30)14-20(19)26(31)32/h4-5,7-14H,1-2,6H2,3H3/b15-7+,24-22-. The molecule has 0 fully saturated rings. The highest BCUT2D eigenvalue weighted by atomic mass is 16.7. The number of carbonyl (C=O) groups is 2. The van der Waals surface area contributed by atoms with Crippen molar-refractivity contribution in [3.63, 3.8) is 0 Å². The maximum atomic E-state index is 13.0. The summed E-state index contributed by atoms with van der Waals surface area (Å²) in [5.74, 6) is -1.22. The monoisotopic (exact) mass is 449 g/mol. The molecule has 0 radical (unpaired) electrons. The van der Waals surface area contributed by atoms with Gasteiger partial charge >= 0.3 is 5.97 Å². The Bertz CT molecular complexity index is 1200. The third kappa shape index (κ3) is 5.91. The molecule has 0 saturated carbocycles. The number of benzene rings is 2. The van der Waals surface area contributed by atoms with Crippen LogP contribution in [0.15, 0.2) is 84.6 Å². The molecule has 0 unspecified atom stereocenters. The first-order valence-electron chi connectivity index (χ1n) is 9.54. The number of non-ortho nitro benzene ring substituents is 1. The number of nitro benzene ring substituents is 2. The Hall–Kier alpha value is -4.73. The van der Waals surface area contributed by atoms with Gasteiger partial charge in [-0.15, -0.1) is 0 Å². The molecule has 10 nitrogen and oxygen atoms in total. The zero-order valence-corrected chi connectivity index (χ0v) is 17.6. The lowest BCUT2D eigenvalue weighted by atomic mass is 9.97. The second-order valence-electron chi connectivity index (χ2n) is 6.44. The van der Waals surface area contributed by atoms with Gasteiger partial charge in [0.25, 0.3) is 11.4 Å². The fourth-order valence-electron chi connectivity index (χ4n) is 2.72. The number of carbonyl (C=O) groups excluding carboxylic acids is 2. The third-order valence-electron chi connectivity index (χ3n) is 4.38. The highest BCUT2D eigenvalue weighted by Gasteiger charge is 2.22. The molecule has 10 heteroatoms. The molecular weight excluding hydrogens is 430 g/mol. The van der Waals surface area contributed by atoms with E-state index in [1.165, 1.54) is 48.6 Å². The number of nitro groups is 2. The summed E-state index contributed by atoms with van der Waals surface area (Å²) in [7, 11) is 0. The summed E-state index contributed by atoms with van der Waals surface area (Å²) in [6.07, 6.45) is 4.30. The molecule has 0 saturated heterocycles. The molecule has 0 aliphatic carbocycles. The number of hydrogen-bond acceptors (Lipinski definition) is 8. The van der Waals surface area contributed by atoms with Crippen molar-refractivity contribution >= 4 is 28.8 Å². The molecule has 0 aliphatic rings. The summed E-state index contributed by atoms with van der Waals surface area (Å²) >= 11 is 0. The Morgan fingerprint density at radius 2 is 1.73 bits per heavy atom. The summed E-state index contributed by atoms with van der Waals surface area (Å²) in [6.45, 7) is 8.76. The number of nitrogens with zero attached hydrogens (tertiary/aromatic N) is 3. The number of Topliss-reactive ketones (excluding diaryl/α,β-unsaturated/α-hetero) is 1. The molecule has 0 N–H and O–H groups in total. The van der Waals surface area contributed by atoms with Crippen molar-refractivity contribution in [2.24, 2.45) is 5.16 Å². The summed E-state index contributed by atoms with van der Waals surface area (Å²) in [4.78, 5) is 50.2. The fourth-order valence-corrected chi connectivity index (χ4v) is 2.72. The molecular formula is C23H19N3O7. The molecule has 0 heterocycles. The van der Waals surface area contributed by atoms with Gasteiger partial charge in [-0.3, -0.25) is 25.0 Å². The topological polar surface area (TPSA) is 142 Å². The Kier molecular flexibility index (Phi) is 8.22. The van der Waals surface area contributed by atoms with Crippen molar-refractivity contribution in [3.05, 3.63) is 105 Å². The number of hydrogen-bond donors (Lipinski definition) is 0. The van der Waals surface area contributed by atoms with Crippen LogP contribution in [0.25, 0.3) is 11.1 Å². The van der Waals surface area contributed by atoms with E-state index in [1.807, 2.05) is 0 Å². The van der Waals surface area contributed by atoms with Gasteiger partial charge in [-0.05, 0) is 11.6 Å². The van der Waals surface area contributed by atoms with E-state index in [0.717, 1.165) is 12.1 Å². The van der Waals surface area contributed by atoms with Crippen molar-refractivity contribution in [2.75, 3.05) is 0 Å². The minimum absolute atomic E-state index is 0.0578. The number of allylic oxidation sites excluding steroid dienone is 4. The lowest BCUT2D eigenvalue weighted by molar-refractivity contribution is -0.393. The SMILES string of the molecule is C=C/C=C(C=C)/C(=N/OC(=O)CC)C(=O)c1ccc(-c2ccc([N+](=O)[O-])cc2[N+](=O)[O-])cc1. The summed E-state index contributed by atoms with van der Waals surface area (Å²) < 4.78 is 0. The molecule has 168 valence electrons. The van der Waals surface area contributed by atoms with Crippen molar-refractivity contribution in [1.82, 2.24) is 0 Å². The van der Waals surface area contributed by atoms with Gasteiger partial charge in [0, 0.05) is 23.6 Å². The van der Waals surface area contributed by atoms with Crippen LogP contribution in [0.5, 0.6) is 0 Å². The Balaban J connectivity index is 2.48. The highest BCUT2D eigenvalue weighted by molar-refractivity contribution is 6.52. The quantitative estimate of drug-likeness (QED) is 0.125. The van der Waals surface area contributed by atoms with Crippen LogP contribution in [0.1, 0.15) is 23.7 Å². The van der Waals surface area contributed by atoms with Crippen molar-refractivity contribution in [2.45, 2.75) is 13.3 Å². The summed E-state index contributed by atoms with van der Waals surface area (Å²) in [6, 6.07) is 9.04. The van der Waals surface area contributed by atoms with Crippen LogP contribution in [-0.2, 0) is 9.63 Å². The fraction of sp³-hybridized carbons (Fsp3) is 0.0870. The minimum atomic E-state index is -0.723. The predicted molar refractivity (Wildman–Crippen MR) is 122 cm³/mol. The normalized spacial score (nSPS) is 11.4. The predicted octanol–water partition coefficient (Wildman–Crippen LogP) is 4.96. The minimum Gasteiger partial charge on any atom is -0.318 e. The first-order valence-corrected chi connectivity index (χ1v) is 9.54. The van der Waals surface area contributed by atoms with Crippen molar-refractivity contribution < 1.29 is 24.3 Å². The first-order chi connectivity index (χ1) is 15.7. The molecule has 2 aromatic rings. The van der Waals surface area contributed by atoms with Gasteiger partial charge in [0.1, 0.15) is 0 Å². The van der Waals surface area contributed by atoms with Gasteiger partial charge in [-0.2, -0.15) is 0 Å². The van der Waals surface area contributed by atoms with Crippen LogP contribution in [0.4, 0.5) is 11.4 Å². The maximum absolute atomic E-state index is 13.0. The third-order valence-corrected chi connectivity index (χ3v) is 4.38. The Morgan fingerprint density at radius 3 is 2.24 bits per heavy atom. The highest BCUT2D eigenvalue weighted by Crippen LogP contribution is 2.33. The molecule has 2 rings (SSSR count). The lowest BCUT2D eigenvalue weighted by Crippen LogP contribution is -2.17. The Morgan fingerprint density at radius 1 is 1.06 bits per heavy atom. The van der Waals surface area contributed by atoms with E-state index in [1.54, 1.807) is 6.92 Å². The van der Waals surface area contributed by atoms with E-state index in [-0.39, 0.29) is 28.8 Å². The van der Waals surface area contributed by atoms with E-state index in [2.05, 4.69) is 18.3 Å². The summed E-state index contributed by atoms with van der Waals surface area (Å²) in [5.41, 5.74) is -0.0879. The van der Waals surface area contributed by atoms with E-state index >= 15 is 0 Å². The number of ketones is 1. The van der Waals surface area contributed by atoms with Gasteiger partial charge in [0.05, 0.1) is 21.5 Å². The smallest absolute Gasteiger partial charge is 0.318 e.